The topological polar surface area (TPSA) is 67.9 Å². The number of hydrogen-bond donors (Lipinski definition) is 1. The summed E-state index contributed by atoms with van der Waals surface area (Å²) in [5, 5.41) is 2.85. The van der Waals surface area contributed by atoms with Gasteiger partial charge in [0.1, 0.15) is 5.54 Å². The molecule has 2 unspecified atom stereocenters. The zero-order chi connectivity index (χ0) is 15.9. The Labute approximate surface area is 127 Å². The van der Waals surface area contributed by atoms with Crippen molar-refractivity contribution < 1.29 is 19.1 Å². The van der Waals surface area contributed by atoms with Crippen LogP contribution in [0.4, 0.5) is 0 Å². The van der Waals surface area contributed by atoms with Crippen molar-refractivity contribution in [3.63, 3.8) is 0 Å². The molecule has 0 aliphatic carbocycles. The molecule has 0 aromatic rings. The highest BCUT2D eigenvalue weighted by atomic mass is 16.5. The lowest BCUT2D eigenvalue weighted by Crippen LogP contribution is -2.55. The van der Waals surface area contributed by atoms with Crippen molar-refractivity contribution in [3.05, 3.63) is 0 Å². The molecule has 1 fully saturated rings. The standard InChI is InChI=1S/C15H28N2O4/c1-5-15(3)14(19)17(12(2)11-13(18)16-15)7-10-21-9-6-8-20-4/h12H,5-11H2,1-4H3,(H,16,18). The normalized spacial score (nSPS) is 26.7. The van der Waals surface area contributed by atoms with Crippen LogP contribution in [0.2, 0.25) is 0 Å². The first kappa shape index (κ1) is 17.9. The smallest absolute Gasteiger partial charge is 0.248 e. The molecule has 6 heteroatoms. The Morgan fingerprint density at radius 1 is 1.33 bits per heavy atom. The minimum absolute atomic E-state index is 0.0242. The predicted molar refractivity (Wildman–Crippen MR) is 79.9 cm³/mol. The Balaban J connectivity index is 2.56. The molecule has 2 amide bonds. The Bertz CT molecular complexity index is 362. The molecular weight excluding hydrogens is 272 g/mol. The Hall–Kier alpha value is -1.14. The van der Waals surface area contributed by atoms with Gasteiger partial charge in [-0.25, -0.2) is 0 Å². The summed E-state index contributed by atoms with van der Waals surface area (Å²) in [6, 6.07) is -0.103. The van der Waals surface area contributed by atoms with Crippen LogP contribution in [0.1, 0.15) is 40.0 Å². The van der Waals surface area contributed by atoms with Gasteiger partial charge in [0.05, 0.1) is 6.61 Å². The molecule has 0 radical (unpaired) electrons. The third-order valence-electron chi connectivity index (χ3n) is 3.98. The first-order valence-electron chi connectivity index (χ1n) is 7.63. The summed E-state index contributed by atoms with van der Waals surface area (Å²) >= 11 is 0. The molecule has 0 spiro atoms. The van der Waals surface area contributed by atoms with E-state index < -0.39 is 5.54 Å². The number of hydrogen-bond acceptors (Lipinski definition) is 4. The Morgan fingerprint density at radius 3 is 2.67 bits per heavy atom. The van der Waals surface area contributed by atoms with E-state index in [-0.39, 0.29) is 17.9 Å². The van der Waals surface area contributed by atoms with Crippen LogP contribution in [-0.2, 0) is 19.1 Å². The Kier molecular flexibility index (Phi) is 7.11. The first-order valence-corrected chi connectivity index (χ1v) is 7.63. The number of carbonyl (C=O) groups excluding carboxylic acids is 2. The molecule has 0 aromatic heterocycles. The fraction of sp³-hybridized carbons (Fsp3) is 0.867. The fourth-order valence-corrected chi connectivity index (χ4v) is 2.44. The van der Waals surface area contributed by atoms with Crippen molar-refractivity contribution in [1.29, 1.82) is 0 Å². The van der Waals surface area contributed by atoms with Crippen molar-refractivity contribution in [2.75, 3.05) is 33.5 Å². The second-order valence-corrected chi connectivity index (χ2v) is 5.74. The van der Waals surface area contributed by atoms with E-state index >= 15 is 0 Å². The molecule has 1 saturated heterocycles. The number of nitrogens with one attached hydrogen (secondary N) is 1. The molecule has 122 valence electrons. The van der Waals surface area contributed by atoms with Gasteiger partial charge in [-0.3, -0.25) is 9.59 Å². The maximum Gasteiger partial charge on any atom is 0.248 e. The van der Waals surface area contributed by atoms with Gasteiger partial charge >= 0.3 is 0 Å². The summed E-state index contributed by atoms with van der Waals surface area (Å²) < 4.78 is 10.5. The second-order valence-electron chi connectivity index (χ2n) is 5.74. The second kappa shape index (κ2) is 8.34. The van der Waals surface area contributed by atoms with Crippen LogP contribution in [0, 0.1) is 0 Å². The zero-order valence-corrected chi connectivity index (χ0v) is 13.6. The molecule has 0 bridgehead atoms. The highest BCUT2D eigenvalue weighted by Crippen LogP contribution is 2.20. The van der Waals surface area contributed by atoms with E-state index in [9.17, 15) is 9.59 Å². The third kappa shape index (κ3) is 4.97. The quantitative estimate of drug-likeness (QED) is 0.678. The molecule has 1 aliphatic heterocycles. The molecular formula is C15H28N2O4. The number of carbonyl (C=O) groups is 2. The van der Waals surface area contributed by atoms with Gasteiger partial charge in [-0.1, -0.05) is 6.92 Å². The molecule has 21 heavy (non-hydrogen) atoms. The zero-order valence-electron chi connectivity index (χ0n) is 13.6. The molecule has 2 atom stereocenters. The summed E-state index contributed by atoms with van der Waals surface area (Å²) in [7, 11) is 1.66. The van der Waals surface area contributed by atoms with Gasteiger partial charge in [0.2, 0.25) is 11.8 Å². The minimum atomic E-state index is -0.808. The van der Waals surface area contributed by atoms with E-state index in [1.54, 1.807) is 18.9 Å². The highest BCUT2D eigenvalue weighted by Gasteiger charge is 2.41. The molecule has 1 N–H and O–H groups in total. The van der Waals surface area contributed by atoms with E-state index in [0.717, 1.165) is 6.42 Å². The van der Waals surface area contributed by atoms with E-state index in [0.29, 0.717) is 39.2 Å². The number of methoxy groups -OCH3 is 1. The average Bonchev–Trinajstić information content (AvgIpc) is 2.52. The summed E-state index contributed by atoms with van der Waals surface area (Å²) in [4.78, 5) is 26.3. The first-order chi connectivity index (χ1) is 9.94. The maximum atomic E-state index is 12.7. The average molecular weight is 300 g/mol. The van der Waals surface area contributed by atoms with E-state index in [1.165, 1.54) is 0 Å². The molecule has 0 aromatic carbocycles. The van der Waals surface area contributed by atoms with Crippen LogP contribution < -0.4 is 5.32 Å². The summed E-state index contributed by atoms with van der Waals surface area (Å²) in [5.41, 5.74) is -0.808. The number of amides is 2. The van der Waals surface area contributed by atoms with Gasteiger partial charge < -0.3 is 19.7 Å². The van der Waals surface area contributed by atoms with Gasteiger partial charge in [0.15, 0.2) is 0 Å². The lowest BCUT2D eigenvalue weighted by atomic mass is 9.97. The van der Waals surface area contributed by atoms with E-state index in [4.69, 9.17) is 9.47 Å². The minimum Gasteiger partial charge on any atom is -0.385 e. The maximum absolute atomic E-state index is 12.7. The summed E-state index contributed by atoms with van der Waals surface area (Å²) in [5.74, 6) is -0.0902. The molecule has 1 rings (SSSR count). The predicted octanol–water partition coefficient (Wildman–Crippen LogP) is 0.945. The van der Waals surface area contributed by atoms with Gasteiger partial charge in [0.25, 0.3) is 0 Å². The van der Waals surface area contributed by atoms with Crippen LogP contribution in [0.3, 0.4) is 0 Å². The monoisotopic (exact) mass is 300 g/mol. The largest absolute Gasteiger partial charge is 0.385 e. The lowest BCUT2D eigenvalue weighted by molar-refractivity contribution is -0.140. The van der Waals surface area contributed by atoms with Crippen LogP contribution in [0.25, 0.3) is 0 Å². The van der Waals surface area contributed by atoms with Crippen molar-refractivity contribution in [1.82, 2.24) is 10.2 Å². The molecule has 0 saturated carbocycles. The molecule has 1 heterocycles. The lowest BCUT2D eigenvalue weighted by Gasteiger charge is -2.33. The van der Waals surface area contributed by atoms with Crippen molar-refractivity contribution >= 4 is 11.8 Å². The van der Waals surface area contributed by atoms with Crippen LogP contribution in [0.5, 0.6) is 0 Å². The van der Waals surface area contributed by atoms with E-state index in [1.807, 2.05) is 13.8 Å². The van der Waals surface area contributed by atoms with Gasteiger partial charge in [0, 0.05) is 39.3 Å². The van der Waals surface area contributed by atoms with Crippen LogP contribution in [-0.4, -0.2) is 61.8 Å². The van der Waals surface area contributed by atoms with Gasteiger partial charge in [-0.05, 0) is 26.7 Å². The van der Waals surface area contributed by atoms with Crippen molar-refractivity contribution in [2.45, 2.75) is 51.6 Å². The van der Waals surface area contributed by atoms with E-state index in [2.05, 4.69) is 5.32 Å². The van der Waals surface area contributed by atoms with Gasteiger partial charge in [-0.15, -0.1) is 0 Å². The fourth-order valence-electron chi connectivity index (χ4n) is 2.44. The molecule has 1 aliphatic rings. The Morgan fingerprint density at radius 2 is 2.05 bits per heavy atom. The van der Waals surface area contributed by atoms with Crippen molar-refractivity contribution in [3.8, 4) is 0 Å². The number of nitrogens with zero attached hydrogens (tertiary/aromatic N) is 1. The third-order valence-corrected chi connectivity index (χ3v) is 3.98. The van der Waals surface area contributed by atoms with Crippen LogP contribution >= 0.6 is 0 Å². The van der Waals surface area contributed by atoms with Crippen molar-refractivity contribution in [2.24, 2.45) is 0 Å². The van der Waals surface area contributed by atoms with Gasteiger partial charge in [-0.2, -0.15) is 0 Å². The summed E-state index contributed by atoms with van der Waals surface area (Å²) in [6.07, 6.45) is 1.76. The SMILES string of the molecule is CCC1(C)NC(=O)CC(C)N(CCOCCCOC)C1=O. The molecule has 6 nitrogen and oxygen atoms in total. The summed E-state index contributed by atoms with van der Waals surface area (Å²) in [6.45, 7) is 7.89. The van der Waals surface area contributed by atoms with Crippen LogP contribution in [0.15, 0.2) is 0 Å². The number of rotatable bonds is 8. The number of ether oxygens (including phenoxy) is 2. The highest BCUT2D eigenvalue weighted by molar-refractivity contribution is 5.93.